The first-order valence-corrected chi connectivity index (χ1v) is 1.97. The molecule has 0 unspecified atom stereocenters. The summed E-state index contributed by atoms with van der Waals surface area (Å²) in [6, 6.07) is 0. The molecule has 0 spiro atoms. The van der Waals surface area contributed by atoms with Crippen LogP contribution in [0.2, 0.25) is 0 Å². The van der Waals surface area contributed by atoms with Crippen molar-refractivity contribution in [2.75, 3.05) is 6.54 Å². The summed E-state index contributed by atoms with van der Waals surface area (Å²) in [5.41, 5.74) is 0. The minimum atomic E-state index is 0.624. The molecule has 0 aromatic carbocycles. The smallest absolute Gasteiger partial charge is 0.109 e. The summed E-state index contributed by atoms with van der Waals surface area (Å²) in [4.78, 5) is 7.12. The lowest BCUT2D eigenvalue weighted by atomic mass is 10.7. The van der Waals surface area contributed by atoms with Crippen LogP contribution >= 0.6 is 0 Å². The minimum absolute atomic E-state index is 0.624. The van der Waals surface area contributed by atoms with Crippen molar-refractivity contribution < 1.29 is 0 Å². The second kappa shape index (κ2) is 5.08. The molecule has 2 heteroatoms. The van der Waals surface area contributed by atoms with Crippen LogP contribution in [0.1, 0.15) is 0 Å². The molecule has 0 aliphatic heterocycles. The number of aliphatic imine (C=N–C) groups is 2. The Morgan fingerprint density at radius 3 is 2.71 bits per heavy atom. The molecular weight excluding hydrogens is 88.1 g/mol. The Morgan fingerprint density at radius 2 is 2.29 bits per heavy atom. The molecule has 0 radical (unpaired) electrons. The predicted octanol–water partition coefficient (Wildman–Crippen LogP) is 0.901. The summed E-state index contributed by atoms with van der Waals surface area (Å²) >= 11 is 0. The molecule has 0 aromatic rings. The molecule has 0 aliphatic carbocycles. The standard InChI is InChI=1S/C5H8N2/c1-3-4-7-5-6-2/h3,5H,1-2,4H2/b7-5+. The highest BCUT2D eigenvalue weighted by molar-refractivity contribution is 5.61. The highest BCUT2D eigenvalue weighted by atomic mass is 14.8. The third kappa shape index (κ3) is 5.08. The van der Waals surface area contributed by atoms with E-state index in [4.69, 9.17) is 0 Å². The Balaban J connectivity index is 3.08. The van der Waals surface area contributed by atoms with E-state index in [-0.39, 0.29) is 0 Å². The van der Waals surface area contributed by atoms with E-state index < -0.39 is 0 Å². The molecule has 0 N–H and O–H groups in total. The highest BCUT2D eigenvalue weighted by Crippen LogP contribution is 1.65. The van der Waals surface area contributed by atoms with Crippen molar-refractivity contribution in [2.24, 2.45) is 9.98 Å². The quantitative estimate of drug-likeness (QED) is 0.283. The van der Waals surface area contributed by atoms with E-state index in [9.17, 15) is 0 Å². The zero-order valence-corrected chi connectivity index (χ0v) is 4.17. The minimum Gasteiger partial charge on any atom is -0.269 e. The fourth-order valence-electron chi connectivity index (χ4n) is 0.179. The average molecular weight is 96.1 g/mol. The van der Waals surface area contributed by atoms with Gasteiger partial charge in [-0.1, -0.05) is 6.08 Å². The number of hydrogen-bond donors (Lipinski definition) is 0. The second-order valence-electron chi connectivity index (χ2n) is 0.952. The predicted molar refractivity (Wildman–Crippen MR) is 33.1 cm³/mol. The van der Waals surface area contributed by atoms with Gasteiger partial charge in [0.15, 0.2) is 0 Å². The third-order valence-corrected chi connectivity index (χ3v) is 0.398. The van der Waals surface area contributed by atoms with Crippen molar-refractivity contribution in [1.82, 2.24) is 0 Å². The van der Waals surface area contributed by atoms with Crippen LogP contribution in [0.4, 0.5) is 0 Å². The molecule has 0 bridgehead atoms. The summed E-state index contributed by atoms with van der Waals surface area (Å²) in [7, 11) is 0. The SMILES string of the molecule is C=CC/N=C/N=C. The molecule has 7 heavy (non-hydrogen) atoms. The zero-order chi connectivity index (χ0) is 5.54. The van der Waals surface area contributed by atoms with Gasteiger partial charge in [-0.25, -0.2) is 0 Å². The highest BCUT2D eigenvalue weighted by Gasteiger charge is 1.59. The van der Waals surface area contributed by atoms with Crippen molar-refractivity contribution in [3.05, 3.63) is 12.7 Å². The van der Waals surface area contributed by atoms with Gasteiger partial charge in [-0.05, 0) is 6.72 Å². The topological polar surface area (TPSA) is 24.7 Å². The van der Waals surface area contributed by atoms with Gasteiger partial charge in [-0.3, -0.25) is 9.98 Å². The van der Waals surface area contributed by atoms with Crippen molar-refractivity contribution in [3.63, 3.8) is 0 Å². The molecule has 0 amide bonds. The third-order valence-electron chi connectivity index (χ3n) is 0.398. The fraction of sp³-hybridized carbons (Fsp3) is 0.200. The zero-order valence-electron chi connectivity index (χ0n) is 4.17. The molecule has 0 atom stereocenters. The lowest BCUT2D eigenvalue weighted by molar-refractivity contribution is 1.26. The number of nitrogens with zero attached hydrogens (tertiary/aromatic N) is 2. The van der Waals surface area contributed by atoms with E-state index in [0.717, 1.165) is 0 Å². The first-order valence-electron chi connectivity index (χ1n) is 1.97. The van der Waals surface area contributed by atoms with Crippen molar-refractivity contribution in [3.8, 4) is 0 Å². The van der Waals surface area contributed by atoms with Gasteiger partial charge < -0.3 is 0 Å². The summed E-state index contributed by atoms with van der Waals surface area (Å²) in [5, 5.41) is 0. The maximum atomic E-state index is 3.74. The van der Waals surface area contributed by atoms with Crippen molar-refractivity contribution in [2.45, 2.75) is 0 Å². The molecule has 0 aliphatic rings. The summed E-state index contributed by atoms with van der Waals surface area (Å²) in [6.07, 6.45) is 3.10. The molecule has 0 rings (SSSR count). The molecule has 0 fully saturated rings. The van der Waals surface area contributed by atoms with E-state index in [1.807, 2.05) is 0 Å². The van der Waals surface area contributed by atoms with Gasteiger partial charge in [0.2, 0.25) is 0 Å². The van der Waals surface area contributed by atoms with Crippen molar-refractivity contribution >= 4 is 13.1 Å². The van der Waals surface area contributed by atoms with E-state index in [0.29, 0.717) is 6.54 Å². The van der Waals surface area contributed by atoms with Gasteiger partial charge in [-0.15, -0.1) is 6.58 Å². The van der Waals surface area contributed by atoms with Crippen LogP contribution in [-0.4, -0.2) is 19.6 Å². The molecule has 0 heterocycles. The van der Waals surface area contributed by atoms with Gasteiger partial charge in [0.05, 0.1) is 6.54 Å². The largest absolute Gasteiger partial charge is 0.269 e. The maximum absolute atomic E-state index is 3.74. The molecule has 0 aromatic heterocycles. The van der Waals surface area contributed by atoms with Gasteiger partial charge >= 0.3 is 0 Å². The van der Waals surface area contributed by atoms with Crippen molar-refractivity contribution in [1.29, 1.82) is 0 Å². The van der Waals surface area contributed by atoms with E-state index >= 15 is 0 Å². The van der Waals surface area contributed by atoms with Gasteiger partial charge in [0, 0.05) is 0 Å². The molecule has 38 valence electrons. The van der Waals surface area contributed by atoms with Gasteiger partial charge in [0.1, 0.15) is 6.34 Å². The van der Waals surface area contributed by atoms with Crippen LogP contribution in [-0.2, 0) is 0 Å². The van der Waals surface area contributed by atoms with Crippen LogP contribution in [0.5, 0.6) is 0 Å². The second-order valence-corrected chi connectivity index (χ2v) is 0.952. The van der Waals surface area contributed by atoms with E-state index in [2.05, 4.69) is 23.3 Å². The van der Waals surface area contributed by atoms with Crippen LogP contribution in [0.15, 0.2) is 22.6 Å². The fourth-order valence-corrected chi connectivity index (χ4v) is 0.179. The molecule has 0 saturated carbocycles. The van der Waals surface area contributed by atoms with Crippen LogP contribution < -0.4 is 0 Å². The maximum Gasteiger partial charge on any atom is 0.109 e. The van der Waals surface area contributed by atoms with Gasteiger partial charge in [0.25, 0.3) is 0 Å². The first-order chi connectivity index (χ1) is 3.41. The van der Waals surface area contributed by atoms with E-state index in [1.165, 1.54) is 6.34 Å². The Kier molecular flexibility index (Phi) is 4.41. The summed E-state index contributed by atoms with van der Waals surface area (Å²) < 4.78 is 0. The normalized spacial score (nSPS) is 9.14. The van der Waals surface area contributed by atoms with Crippen LogP contribution in [0, 0.1) is 0 Å². The van der Waals surface area contributed by atoms with Gasteiger partial charge in [-0.2, -0.15) is 0 Å². The number of rotatable bonds is 3. The van der Waals surface area contributed by atoms with Crippen LogP contribution in [0.3, 0.4) is 0 Å². The summed E-state index contributed by atoms with van der Waals surface area (Å²) in [6.45, 7) is 7.28. The Labute approximate surface area is 43.3 Å². The monoisotopic (exact) mass is 96.1 g/mol. The number of hydrogen-bond acceptors (Lipinski definition) is 1. The first kappa shape index (κ1) is 6.08. The Bertz CT molecular complexity index is 84.1. The molecule has 0 saturated heterocycles. The van der Waals surface area contributed by atoms with Crippen LogP contribution in [0.25, 0.3) is 0 Å². The van der Waals surface area contributed by atoms with E-state index in [1.54, 1.807) is 6.08 Å². The average Bonchev–Trinajstić information content (AvgIpc) is 1.69. The Morgan fingerprint density at radius 1 is 1.57 bits per heavy atom. The lowest BCUT2D eigenvalue weighted by Crippen LogP contribution is -1.68. The Hall–Kier alpha value is -0.920. The lowest BCUT2D eigenvalue weighted by Gasteiger charge is -1.73. The molecular formula is C5H8N2. The summed E-state index contributed by atoms with van der Waals surface area (Å²) in [5.74, 6) is 0. The molecule has 2 nitrogen and oxygen atoms in total.